The molecule has 8 heteroatoms. The zero-order valence-electron chi connectivity index (χ0n) is 21.8. The minimum Gasteiger partial charge on any atom is -0.444 e. The molecule has 0 radical (unpaired) electrons. The molecule has 3 aliphatic rings. The van der Waals surface area contributed by atoms with E-state index in [0.29, 0.717) is 5.91 Å². The summed E-state index contributed by atoms with van der Waals surface area (Å²) in [5, 5.41) is 4.17. The van der Waals surface area contributed by atoms with Gasteiger partial charge in [-0.2, -0.15) is 0 Å². The summed E-state index contributed by atoms with van der Waals surface area (Å²) in [5.41, 5.74) is 4.33. The monoisotopic (exact) mass is 501 g/mol. The van der Waals surface area contributed by atoms with E-state index < -0.39 is 5.60 Å². The van der Waals surface area contributed by atoms with E-state index >= 15 is 0 Å². The highest BCUT2D eigenvalue weighted by molar-refractivity contribution is 5.94. The predicted octanol–water partition coefficient (Wildman–Crippen LogP) is 4.80. The molecule has 2 aromatic heterocycles. The molecule has 3 fully saturated rings. The summed E-state index contributed by atoms with van der Waals surface area (Å²) in [6.07, 6.45) is 5.40. The van der Waals surface area contributed by atoms with Gasteiger partial charge in [-0.05, 0) is 69.7 Å². The normalized spacial score (nSPS) is 19.1. The van der Waals surface area contributed by atoms with Crippen molar-refractivity contribution in [2.45, 2.75) is 57.6 Å². The highest BCUT2D eigenvalue weighted by Crippen LogP contribution is 2.46. The number of nitrogens with zero attached hydrogens (tertiary/aromatic N) is 3. The van der Waals surface area contributed by atoms with Crippen molar-refractivity contribution in [3.05, 3.63) is 48.2 Å². The van der Waals surface area contributed by atoms with Crippen LogP contribution in [0.2, 0.25) is 0 Å². The van der Waals surface area contributed by atoms with Crippen LogP contribution in [0, 0.1) is 5.92 Å². The van der Waals surface area contributed by atoms with Crippen molar-refractivity contribution in [1.82, 2.24) is 20.2 Å². The number of anilines is 1. The SMILES string of the molecule is CC(C)(C)OC(=O)NC1(c2ccc(-c3cc4c(N5CCN(C(=O)C6CC6)CC5)ccnc4[nH]3)cc2)CC1. The molecule has 2 amide bonds. The van der Waals surface area contributed by atoms with E-state index in [1.807, 2.05) is 31.9 Å². The van der Waals surface area contributed by atoms with Gasteiger partial charge in [0.15, 0.2) is 0 Å². The van der Waals surface area contributed by atoms with Gasteiger partial charge in [0.1, 0.15) is 11.2 Å². The van der Waals surface area contributed by atoms with Crippen LogP contribution in [0.4, 0.5) is 10.5 Å². The van der Waals surface area contributed by atoms with Crippen LogP contribution in [-0.2, 0) is 15.1 Å². The fourth-order valence-corrected chi connectivity index (χ4v) is 5.28. The number of fused-ring (bicyclic) bond motifs is 1. The van der Waals surface area contributed by atoms with Gasteiger partial charge in [-0.25, -0.2) is 9.78 Å². The summed E-state index contributed by atoms with van der Waals surface area (Å²) in [7, 11) is 0. The van der Waals surface area contributed by atoms with Crippen molar-refractivity contribution >= 4 is 28.7 Å². The third-order valence-corrected chi connectivity index (χ3v) is 7.61. The molecule has 2 saturated carbocycles. The number of carbonyl (C=O) groups is 2. The summed E-state index contributed by atoms with van der Waals surface area (Å²) in [4.78, 5) is 37.2. The Labute approximate surface area is 217 Å². The zero-order chi connectivity index (χ0) is 25.8. The molecule has 8 nitrogen and oxygen atoms in total. The smallest absolute Gasteiger partial charge is 0.408 e. The number of H-pyrrole nitrogens is 1. The Balaban J connectivity index is 1.17. The first kappa shape index (κ1) is 23.8. The Hall–Kier alpha value is -3.55. The summed E-state index contributed by atoms with van der Waals surface area (Å²) in [5.74, 6) is 0.613. The van der Waals surface area contributed by atoms with Crippen LogP contribution in [-0.4, -0.2) is 58.6 Å². The zero-order valence-corrected chi connectivity index (χ0v) is 21.8. The summed E-state index contributed by atoms with van der Waals surface area (Å²) < 4.78 is 5.47. The second-order valence-electron chi connectivity index (χ2n) is 11.6. The molecule has 2 aliphatic carbocycles. The number of piperazine rings is 1. The lowest BCUT2D eigenvalue weighted by atomic mass is 10.0. The van der Waals surface area contributed by atoms with Gasteiger partial charge in [-0.1, -0.05) is 24.3 Å². The maximum Gasteiger partial charge on any atom is 0.408 e. The Bertz CT molecular complexity index is 1320. The topological polar surface area (TPSA) is 90.6 Å². The first-order chi connectivity index (χ1) is 17.7. The third-order valence-electron chi connectivity index (χ3n) is 7.61. The largest absolute Gasteiger partial charge is 0.444 e. The van der Waals surface area contributed by atoms with Crippen molar-refractivity contribution in [2.75, 3.05) is 31.1 Å². The van der Waals surface area contributed by atoms with Crippen LogP contribution in [0.25, 0.3) is 22.3 Å². The van der Waals surface area contributed by atoms with E-state index in [2.05, 4.69) is 56.6 Å². The first-order valence-corrected chi connectivity index (χ1v) is 13.3. The van der Waals surface area contributed by atoms with Crippen molar-refractivity contribution in [3.8, 4) is 11.3 Å². The standard InChI is InChI=1S/C29H35N5O3/c1-28(2,3)37-27(36)32-29(11-12-29)21-8-6-19(7-9-21)23-18-22-24(10-13-30-25(22)31-23)33-14-16-34(17-15-33)26(35)20-4-5-20/h6-10,13,18,20H,4-5,11-12,14-17H2,1-3H3,(H,30,31)(H,32,36). The van der Waals surface area contributed by atoms with Gasteiger partial charge in [-0.3, -0.25) is 4.79 Å². The number of amides is 2. The minimum absolute atomic E-state index is 0.278. The maximum atomic E-state index is 12.4. The fraction of sp³-hybridized carbons (Fsp3) is 0.483. The second-order valence-corrected chi connectivity index (χ2v) is 11.6. The molecule has 37 heavy (non-hydrogen) atoms. The number of benzene rings is 1. The van der Waals surface area contributed by atoms with Crippen molar-refractivity contribution < 1.29 is 14.3 Å². The van der Waals surface area contributed by atoms with Crippen LogP contribution in [0.15, 0.2) is 42.6 Å². The maximum absolute atomic E-state index is 12.4. The lowest BCUT2D eigenvalue weighted by Crippen LogP contribution is -2.49. The van der Waals surface area contributed by atoms with Crippen LogP contribution in [0.1, 0.15) is 52.0 Å². The van der Waals surface area contributed by atoms with Crippen LogP contribution in [0.5, 0.6) is 0 Å². The van der Waals surface area contributed by atoms with E-state index in [1.54, 1.807) is 0 Å². The predicted molar refractivity (Wildman–Crippen MR) is 143 cm³/mol. The Morgan fingerprint density at radius 3 is 2.38 bits per heavy atom. The Morgan fingerprint density at radius 2 is 1.76 bits per heavy atom. The van der Waals surface area contributed by atoms with Gasteiger partial charge in [0, 0.05) is 55.1 Å². The third kappa shape index (κ3) is 4.89. The number of nitrogens with one attached hydrogen (secondary N) is 2. The molecule has 0 unspecified atom stereocenters. The Morgan fingerprint density at radius 1 is 1.05 bits per heavy atom. The van der Waals surface area contributed by atoms with Gasteiger partial charge in [0.2, 0.25) is 5.91 Å². The molecule has 2 N–H and O–H groups in total. The minimum atomic E-state index is -0.520. The summed E-state index contributed by atoms with van der Waals surface area (Å²) >= 11 is 0. The number of aromatic nitrogens is 2. The number of carbonyl (C=O) groups excluding carboxylic acids is 2. The highest BCUT2D eigenvalue weighted by Gasteiger charge is 2.46. The number of pyridine rings is 1. The van der Waals surface area contributed by atoms with Crippen molar-refractivity contribution in [1.29, 1.82) is 0 Å². The molecule has 6 rings (SSSR count). The molecular formula is C29H35N5O3. The van der Waals surface area contributed by atoms with E-state index in [1.165, 1.54) is 0 Å². The molecule has 0 atom stereocenters. The number of hydrogen-bond donors (Lipinski definition) is 2. The lowest BCUT2D eigenvalue weighted by Gasteiger charge is -2.36. The quantitative estimate of drug-likeness (QED) is 0.524. The summed E-state index contributed by atoms with van der Waals surface area (Å²) in [6.45, 7) is 8.83. The highest BCUT2D eigenvalue weighted by atomic mass is 16.6. The van der Waals surface area contributed by atoms with E-state index in [4.69, 9.17) is 4.74 Å². The van der Waals surface area contributed by atoms with Gasteiger partial charge >= 0.3 is 6.09 Å². The van der Waals surface area contributed by atoms with Crippen LogP contribution >= 0.6 is 0 Å². The molecule has 1 saturated heterocycles. The number of alkyl carbamates (subject to hydrolysis) is 1. The molecule has 3 heterocycles. The average molecular weight is 502 g/mol. The molecule has 194 valence electrons. The second kappa shape index (κ2) is 8.78. The first-order valence-electron chi connectivity index (χ1n) is 13.3. The Kier molecular flexibility index (Phi) is 5.66. The van der Waals surface area contributed by atoms with Gasteiger partial charge < -0.3 is 24.8 Å². The molecule has 1 aromatic carbocycles. The molecular weight excluding hydrogens is 466 g/mol. The van der Waals surface area contributed by atoms with E-state index in [-0.39, 0.29) is 17.6 Å². The lowest BCUT2D eigenvalue weighted by molar-refractivity contribution is -0.132. The number of rotatable bonds is 5. The van der Waals surface area contributed by atoms with Crippen LogP contribution in [0.3, 0.4) is 0 Å². The van der Waals surface area contributed by atoms with Gasteiger partial charge in [-0.15, -0.1) is 0 Å². The van der Waals surface area contributed by atoms with E-state index in [9.17, 15) is 9.59 Å². The number of hydrogen-bond acceptors (Lipinski definition) is 5. The average Bonchev–Trinajstić information content (AvgIpc) is 3.80. The number of aromatic amines is 1. The molecule has 1 aliphatic heterocycles. The van der Waals surface area contributed by atoms with Crippen molar-refractivity contribution in [2.24, 2.45) is 5.92 Å². The summed E-state index contributed by atoms with van der Waals surface area (Å²) in [6, 6.07) is 12.6. The fourth-order valence-electron chi connectivity index (χ4n) is 5.28. The molecule has 0 bridgehead atoms. The van der Waals surface area contributed by atoms with Crippen molar-refractivity contribution in [3.63, 3.8) is 0 Å². The van der Waals surface area contributed by atoms with Gasteiger partial charge in [0.25, 0.3) is 0 Å². The van der Waals surface area contributed by atoms with Crippen LogP contribution < -0.4 is 10.2 Å². The van der Waals surface area contributed by atoms with Gasteiger partial charge in [0.05, 0.1) is 5.54 Å². The molecule has 3 aromatic rings. The number of ether oxygens (including phenoxy) is 1. The molecule has 0 spiro atoms. The van der Waals surface area contributed by atoms with E-state index in [0.717, 1.165) is 85.4 Å².